The van der Waals surface area contributed by atoms with E-state index in [9.17, 15) is 4.79 Å². The highest BCUT2D eigenvalue weighted by atomic mass is 16.2. The summed E-state index contributed by atoms with van der Waals surface area (Å²) in [5.41, 5.74) is 9.08. The number of fused-ring (bicyclic) bond motifs is 1. The summed E-state index contributed by atoms with van der Waals surface area (Å²) in [7, 11) is 5.18. The van der Waals surface area contributed by atoms with Crippen molar-refractivity contribution in [1.82, 2.24) is 9.47 Å². The van der Waals surface area contributed by atoms with Gasteiger partial charge in [0.1, 0.15) is 18.7 Å². The molecule has 0 aliphatic rings. The van der Waals surface area contributed by atoms with Gasteiger partial charge in [-0.15, -0.1) is 0 Å². The van der Waals surface area contributed by atoms with Crippen molar-refractivity contribution < 1.29 is 4.79 Å². The number of aromatic nitrogens is 1. The number of carbonyl (C=O) groups is 1. The zero-order valence-corrected chi connectivity index (χ0v) is 14.9. The van der Waals surface area contributed by atoms with E-state index < -0.39 is 0 Å². The van der Waals surface area contributed by atoms with Crippen molar-refractivity contribution in [3.05, 3.63) is 35.5 Å². The monoisotopic (exact) mass is 327 g/mol. The standard InChI is InChI=1S/C18H25N5O/c1-12(2)15-9-23(10-17(24)22(4)5)16-7-6-13(8-14(15)16)18(19)21-11-20-3/h6-9,11-12H,10H2,1-5H3,(H2,19,20,21). The molecule has 128 valence electrons. The molecule has 0 saturated heterocycles. The fourth-order valence-electron chi connectivity index (χ4n) is 2.56. The summed E-state index contributed by atoms with van der Waals surface area (Å²) in [6.45, 7) is 4.60. The minimum absolute atomic E-state index is 0.0616. The van der Waals surface area contributed by atoms with Crippen molar-refractivity contribution >= 4 is 29.0 Å². The van der Waals surface area contributed by atoms with Gasteiger partial charge in [0.2, 0.25) is 5.91 Å². The van der Waals surface area contributed by atoms with Gasteiger partial charge >= 0.3 is 0 Å². The number of hydrogen-bond donors (Lipinski definition) is 1. The van der Waals surface area contributed by atoms with Crippen LogP contribution in [0.5, 0.6) is 0 Å². The van der Waals surface area contributed by atoms with Gasteiger partial charge in [0.25, 0.3) is 0 Å². The molecule has 24 heavy (non-hydrogen) atoms. The van der Waals surface area contributed by atoms with Crippen LogP contribution >= 0.6 is 0 Å². The van der Waals surface area contributed by atoms with Gasteiger partial charge in [-0.1, -0.05) is 13.8 Å². The molecule has 1 amide bonds. The molecule has 0 fully saturated rings. The number of benzene rings is 1. The van der Waals surface area contributed by atoms with Crippen LogP contribution in [0.1, 0.15) is 30.9 Å². The number of nitrogens with two attached hydrogens (primary N) is 1. The zero-order chi connectivity index (χ0) is 17.9. The Labute approximate surface area is 142 Å². The Kier molecular flexibility index (Phi) is 5.39. The molecule has 1 aromatic heterocycles. The maximum atomic E-state index is 12.1. The first-order valence-electron chi connectivity index (χ1n) is 7.92. The van der Waals surface area contributed by atoms with Gasteiger partial charge < -0.3 is 15.2 Å². The maximum Gasteiger partial charge on any atom is 0.241 e. The second-order valence-electron chi connectivity index (χ2n) is 6.28. The molecule has 1 aromatic carbocycles. The molecule has 0 aliphatic heterocycles. The van der Waals surface area contributed by atoms with Crippen LogP contribution in [0.3, 0.4) is 0 Å². The molecule has 2 rings (SSSR count). The van der Waals surface area contributed by atoms with Crippen LogP contribution in [0.4, 0.5) is 0 Å². The Bertz CT molecular complexity index is 799. The minimum atomic E-state index is 0.0616. The van der Waals surface area contributed by atoms with E-state index in [2.05, 4.69) is 30.0 Å². The number of hydrogen-bond acceptors (Lipinski definition) is 2. The lowest BCUT2D eigenvalue weighted by Gasteiger charge is -2.11. The highest BCUT2D eigenvalue weighted by Gasteiger charge is 2.15. The highest BCUT2D eigenvalue weighted by Crippen LogP contribution is 2.28. The topological polar surface area (TPSA) is 76.0 Å². The minimum Gasteiger partial charge on any atom is -0.383 e. The molecular weight excluding hydrogens is 302 g/mol. The summed E-state index contributed by atoms with van der Waals surface area (Å²) in [4.78, 5) is 21.6. The van der Waals surface area contributed by atoms with Crippen LogP contribution < -0.4 is 5.73 Å². The van der Waals surface area contributed by atoms with Gasteiger partial charge in [-0.3, -0.25) is 9.79 Å². The van der Waals surface area contributed by atoms with Crippen molar-refractivity contribution in [3.8, 4) is 0 Å². The Balaban J connectivity index is 2.55. The molecule has 2 N–H and O–H groups in total. The van der Waals surface area contributed by atoms with Gasteiger partial charge in [0.15, 0.2) is 0 Å². The number of rotatable bonds is 5. The molecule has 0 unspecified atom stereocenters. The maximum absolute atomic E-state index is 12.1. The van der Waals surface area contributed by atoms with Gasteiger partial charge in [-0.25, -0.2) is 4.99 Å². The number of amides is 1. The number of amidine groups is 1. The fourth-order valence-corrected chi connectivity index (χ4v) is 2.56. The van der Waals surface area contributed by atoms with Gasteiger partial charge in [0.05, 0.1) is 0 Å². The SMILES string of the molecule is CN=CN=C(N)c1ccc2c(c1)c(C(C)C)cn2CC(=O)N(C)C. The van der Waals surface area contributed by atoms with E-state index in [1.54, 1.807) is 26.0 Å². The Hall–Kier alpha value is -2.63. The molecule has 0 spiro atoms. The van der Waals surface area contributed by atoms with Crippen LogP contribution in [-0.2, 0) is 11.3 Å². The van der Waals surface area contributed by atoms with E-state index in [1.165, 1.54) is 11.9 Å². The van der Waals surface area contributed by atoms with E-state index in [4.69, 9.17) is 5.73 Å². The highest BCUT2D eigenvalue weighted by molar-refractivity contribution is 6.04. The zero-order valence-electron chi connectivity index (χ0n) is 14.9. The lowest BCUT2D eigenvalue weighted by molar-refractivity contribution is -0.129. The third-order valence-electron chi connectivity index (χ3n) is 3.95. The average molecular weight is 327 g/mol. The van der Waals surface area contributed by atoms with Gasteiger partial charge in [0, 0.05) is 43.8 Å². The predicted molar refractivity (Wildman–Crippen MR) is 99.9 cm³/mol. The summed E-state index contributed by atoms with van der Waals surface area (Å²) >= 11 is 0. The molecular formula is C18H25N5O. The summed E-state index contributed by atoms with van der Waals surface area (Å²) < 4.78 is 2.00. The van der Waals surface area contributed by atoms with Crippen molar-refractivity contribution in [3.63, 3.8) is 0 Å². The van der Waals surface area contributed by atoms with Crippen molar-refractivity contribution in [2.75, 3.05) is 21.1 Å². The molecule has 0 atom stereocenters. The van der Waals surface area contributed by atoms with Crippen LogP contribution in [-0.4, -0.2) is 48.7 Å². The summed E-state index contributed by atoms with van der Waals surface area (Å²) in [6.07, 6.45) is 3.49. The first-order valence-corrected chi connectivity index (χ1v) is 7.92. The largest absolute Gasteiger partial charge is 0.383 e. The first kappa shape index (κ1) is 17.7. The average Bonchev–Trinajstić information content (AvgIpc) is 2.90. The third kappa shape index (κ3) is 3.64. The predicted octanol–water partition coefficient (Wildman–Crippen LogP) is 2.22. The molecule has 0 saturated carbocycles. The van der Waals surface area contributed by atoms with Crippen molar-refractivity contribution in [2.24, 2.45) is 15.7 Å². The molecule has 6 nitrogen and oxygen atoms in total. The first-order chi connectivity index (χ1) is 11.3. The van der Waals surface area contributed by atoms with Crippen LogP contribution in [0.15, 0.2) is 34.4 Å². The molecule has 6 heteroatoms. The summed E-state index contributed by atoms with van der Waals surface area (Å²) in [5.74, 6) is 0.828. The van der Waals surface area contributed by atoms with E-state index >= 15 is 0 Å². The number of likely N-dealkylation sites (N-methyl/N-ethyl adjacent to an activating group) is 1. The van der Waals surface area contributed by atoms with Crippen LogP contribution in [0.2, 0.25) is 0 Å². The molecule has 0 radical (unpaired) electrons. The second kappa shape index (κ2) is 7.29. The summed E-state index contributed by atoms with van der Waals surface area (Å²) in [5, 5.41) is 1.10. The molecule has 1 heterocycles. The number of carbonyl (C=O) groups excluding carboxylic acids is 1. The smallest absolute Gasteiger partial charge is 0.241 e. The molecule has 2 aromatic rings. The van der Waals surface area contributed by atoms with E-state index in [1.807, 2.05) is 22.8 Å². The lowest BCUT2D eigenvalue weighted by atomic mass is 10.0. The quantitative estimate of drug-likeness (QED) is 0.675. The van der Waals surface area contributed by atoms with E-state index in [-0.39, 0.29) is 5.91 Å². The Morgan fingerprint density at radius 2 is 2.08 bits per heavy atom. The molecule has 0 bridgehead atoms. The van der Waals surface area contributed by atoms with Gasteiger partial charge in [-0.05, 0) is 29.7 Å². The number of aliphatic imine (C=N–C) groups is 2. The van der Waals surface area contributed by atoms with Crippen LogP contribution in [0.25, 0.3) is 10.9 Å². The van der Waals surface area contributed by atoms with Crippen LogP contribution in [0, 0.1) is 0 Å². The summed E-state index contributed by atoms with van der Waals surface area (Å²) in [6, 6.07) is 5.94. The third-order valence-corrected chi connectivity index (χ3v) is 3.95. The lowest BCUT2D eigenvalue weighted by Crippen LogP contribution is -2.25. The van der Waals surface area contributed by atoms with Crippen molar-refractivity contribution in [1.29, 1.82) is 0 Å². The van der Waals surface area contributed by atoms with E-state index in [0.717, 1.165) is 16.5 Å². The van der Waals surface area contributed by atoms with E-state index in [0.29, 0.717) is 18.3 Å². The Morgan fingerprint density at radius 1 is 1.38 bits per heavy atom. The normalized spacial score (nSPS) is 12.5. The van der Waals surface area contributed by atoms with Crippen molar-refractivity contribution in [2.45, 2.75) is 26.3 Å². The number of nitrogens with zero attached hydrogens (tertiary/aromatic N) is 4. The molecule has 0 aliphatic carbocycles. The fraction of sp³-hybridized carbons (Fsp3) is 0.389. The second-order valence-corrected chi connectivity index (χ2v) is 6.28. The Morgan fingerprint density at radius 3 is 2.67 bits per heavy atom. The van der Waals surface area contributed by atoms with Gasteiger partial charge in [-0.2, -0.15) is 0 Å².